The molecule has 1 unspecified atom stereocenters. The monoisotopic (exact) mass is 470 g/mol. The predicted octanol–water partition coefficient (Wildman–Crippen LogP) is 4.82. The van der Waals surface area contributed by atoms with Crippen molar-refractivity contribution < 1.29 is 19.4 Å². The number of carbonyl (C=O) groups excluding carboxylic acids is 2. The molecule has 0 aliphatic carbocycles. The minimum Gasteiger partial charge on any atom is -0.507 e. The fourth-order valence-corrected chi connectivity index (χ4v) is 4.96. The fourth-order valence-electron chi connectivity index (χ4n) is 4.11. The Labute approximate surface area is 200 Å². The van der Waals surface area contributed by atoms with Crippen LogP contribution in [0.15, 0.2) is 41.3 Å². The molecule has 3 rings (SSSR count). The highest BCUT2D eigenvalue weighted by Crippen LogP contribution is 2.42. The Balaban J connectivity index is 2.10. The van der Waals surface area contributed by atoms with Gasteiger partial charge < -0.3 is 19.6 Å². The van der Waals surface area contributed by atoms with Crippen LogP contribution in [0.4, 0.5) is 0 Å². The van der Waals surface area contributed by atoms with Gasteiger partial charge in [-0.25, -0.2) is 0 Å². The summed E-state index contributed by atoms with van der Waals surface area (Å²) in [5.41, 5.74) is 1.36. The third-order valence-corrected chi connectivity index (χ3v) is 6.64. The summed E-state index contributed by atoms with van der Waals surface area (Å²) in [6, 6.07) is 8.66. The van der Waals surface area contributed by atoms with Crippen molar-refractivity contribution in [2.45, 2.75) is 45.6 Å². The molecule has 1 N–H and O–H groups in total. The van der Waals surface area contributed by atoms with Gasteiger partial charge in [0.2, 0.25) is 0 Å². The van der Waals surface area contributed by atoms with E-state index < -0.39 is 17.7 Å². The first-order valence-corrected chi connectivity index (χ1v) is 12.2. The molecular weight excluding hydrogens is 436 g/mol. The molecule has 1 aliphatic heterocycles. The number of likely N-dealkylation sites (tertiary alicyclic amines) is 1. The summed E-state index contributed by atoms with van der Waals surface area (Å²) in [7, 11) is 3.95. The van der Waals surface area contributed by atoms with E-state index in [0.717, 1.165) is 29.2 Å². The highest BCUT2D eigenvalue weighted by Gasteiger charge is 2.46. The van der Waals surface area contributed by atoms with Crippen molar-refractivity contribution >= 4 is 28.8 Å². The number of hydrogen-bond donors (Lipinski definition) is 1. The average Bonchev–Trinajstić information content (AvgIpc) is 3.35. The second kappa shape index (κ2) is 10.1. The van der Waals surface area contributed by atoms with E-state index in [2.05, 4.69) is 20.8 Å². The number of benzene rings is 1. The van der Waals surface area contributed by atoms with Crippen LogP contribution >= 0.6 is 11.3 Å². The van der Waals surface area contributed by atoms with Gasteiger partial charge in [0, 0.05) is 22.5 Å². The van der Waals surface area contributed by atoms with Crippen molar-refractivity contribution in [3.05, 3.63) is 57.3 Å². The van der Waals surface area contributed by atoms with Crippen LogP contribution in [0.1, 0.15) is 56.2 Å². The van der Waals surface area contributed by atoms with Crippen molar-refractivity contribution in [3.63, 3.8) is 0 Å². The number of hydrogen-bond acceptors (Lipinski definition) is 6. The number of thiophene rings is 1. The summed E-state index contributed by atoms with van der Waals surface area (Å²) >= 11 is 1.48. The molecule has 0 bridgehead atoms. The molecule has 1 fully saturated rings. The Morgan fingerprint density at radius 2 is 1.94 bits per heavy atom. The lowest BCUT2D eigenvalue weighted by molar-refractivity contribution is -0.139. The van der Waals surface area contributed by atoms with Crippen molar-refractivity contribution in [2.75, 3.05) is 33.8 Å². The molecule has 6 nitrogen and oxygen atoms in total. The van der Waals surface area contributed by atoms with E-state index in [4.69, 9.17) is 4.74 Å². The lowest BCUT2D eigenvalue weighted by Crippen LogP contribution is -2.32. The van der Waals surface area contributed by atoms with Crippen molar-refractivity contribution in [1.29, 1.82) is 0 Å². The molecular formula is C26H34N2O4S. The highest BCUT2D eigenvalue weighted by atomic mass is 32.1. The van der Waals surface area contributed by atoms with Gasteiger partial charge >= 0.3 is 0 Å². The average molecular weight is 471 g/mol. The number of nitrogens with zero attached hydrogens (tertiary/aromatic N) is 2. The second-order valence-electron chi connectivity index (χ2n) is 9.56. The highest BCUT2D eigenvalue weighted by molar-refractivity contribution is 7.10. The van der Waals surface area contributed by atoms with E-state index in [-0.39, 0.29) is 16.7 Å². The first kappa shape index (κ1) is 25.0. The zero-order valence-electron chi connectivity index (χ0n) is 20.3. The molecule has 2 aromatic rings. The van der Waals surface area contributed by atoms with Gasteiger partial charge in [-0.2, -0.15) is 0 Å². The normalized spacial score (nSPS) is 18.4. The van der Waals surface area contributed by atoms with E-state index in [1.165, 1.54) is 11.3 Å². The smallest absolute Gasteiger partial charge is 0.295 e. The number of ketones is 1. The third-order valence-electron chi connectivity index (χ3n) is 5.72. The van der Waals surface area contributed by atoms with Gasteiger partial charge in [-0.1, -0.05) is 26.8 Å². The van der Waals surface area contributed by atoms with Crippen LogP contribution < -0.4 is 4.74 Å². The number of aliphatic hydroxyl groups is 1. The van der Waals surface area contributed by atoms with Crippen molar-refractivity contribution in [3.8, 4) is 5.75 Å². The minimum absolute atomic E-state index is 0.143. The predicted molar refractivity (Wildman–Crippen MR) is 133 cm³/mol. The quantitative estimate of drug-likeness (QED) is 0.340. The Morgan fingerprint density at radius 3 is 2.52 bits per heavy atom. The molecule has 1 atom stereocenters. The van der Waals surface area contributed by atoms with Crippen LogP contribution in [0.3, 0.4) is 0 Å². The topological polar surface area (TPSA) is 70.1 Å². The molecule has 1 amide bonds. The van der Waals surface area contributed by atoms with E-state index in [1.54, 1.807) is 11.0 Å². The van der Waals surface area contributed by atoms with Crippen LogP contribution in [-0.4, -0.2) is 60.4 Å². The SMILES string of the molecule is CCOc1ccc(/C(O)=C2/C(=O)C(=O)N(CCCN(C)C)C2c2cccs2)cc1C(C)(C)C. The van der Waals surface area contributed by atoms with Gasteiger partial charge in [0.05, 0.1) is 18.2 Å². The first-order valence-electron chi connectivity index (χ1n) is 11.3. The van der Waals surface area contributed by atoms with E-state index in [0.29, 0.717) is 18.7 Å². The molecule has 2 heterocycles. The molecule has 178 valence electrons. The lowest BCUT2D eigenvalue weighted by atomic mass is 9.84. The summed E-state index contributed by atoms with van der Waals surface area (Å²) in [6.45, 7) is 9.93. The first-order chi connectivity index (χ1) is 15.6. The van der Waals surface area contributed by atoms with Gasteiger partial charge in [0.15, 0.2) is 0 Å². The number of amides is 1. The molecule has 33 heavy (non-hydrogen) atoms. The second-order valence-corrected chi connectivity index (χ2v) is 10.5. The maximum absolute atomic E-state index is 13.1. The van der Waals surface area contributed by atoms with Gasteiger partial charge in [-0.3, -0.25) is 9.59 Å². The van der Waals surface area contributed by atoms with Gasteiger partial charge in [-0.05, 0) is 69.0 Å². The summed E-state index contributed by atoms with van der Waals surface area (Å²) in [5, 5.41) is 13.3. The summed E-state index contributed by atoms with van der Waals surface area (Å²) in [4.78, 5) is 30.7. The molecule has 1 aliphatic rings. The molecule has 0 saturated carbocycles. The molecule has 7 heteroatoms. The van der Waals surface area contributed by atoms with Crippen LogP contribution in [0.2, 0.25) is 0 Å². The van der Waals surface area contributed by atoms with Gasteiger partial charge in [0.1, 0.15) is 11.5 Å². The Morgan fingerprint density at radius 1 is 1.21 bits per heavy atom. The number of Topliss-reactive ketones (excluding diaryl/α,β-unsaturated/α-hetero) is 1. The summed E-state index contributed by atoms with van der Waals surface area (Å²) in [5.74, 6) is -0.589. The fraction of sp³-hybridized carbons (Fsp3) is 0.462. The maximum Gasteiger partial charge on any atom is 0.295 e. The Hall–Kier alpha value is -2.64. The van der Waals surface area contributed by atoms with Crippen LogP contribution in [0.25, 0.3) is 5.76 Å². The third kappa shape index (κ3) is 5.31. The Bertz CT molecular complexity index is 1040. The maximum atomic E-state index is 13.1. The summed E-state index contributed by atoms with van der Waals surface area (Å²) in [6.07, 6.45) is 0.735. The molecule has 1 saturated heterocycles. The largest absolute Gasteiger partial charge is 0.507 e. The number of aliphatic hydroxyl groups excluding tert-OH is 1. The molecule has 0 spiro atoms. The van der Waals surface area contributed by atoms with E-state index in [1.807, 2.05) is 55.6 Å². The summed E-state index contributed by atoms with van der Waals surface area (Å²) < 4.78 is 5.79. The number of carbonyl (C=O) groups is 2. The zero-order valence-corrected chi connectivity index (χ0v) is 21.2. The van der Waals surface area contributed by atoms with E-state index in [9.17, 15) is 14.7 Å². The van der Waals surface area contributed by atoms with Crippen LogP contribution in [0.5, 0.6) is 5.75 Å². The van der Waals surface area contributed by atoms with E-state index >= 15 is 0 Å². The van der Waals surface area contributed by atoms with Crippen LogP contribution in [-0.2, 0) is 15.0 Å². The number of rotatable bonds is 8. The molecule has 0 radical (unpaired) electrons. The van der Waals surface area contributed by atoms with Crippen molar-refractivity contribution in [1.82, 2.24) is 9.80 Å². The zero-order chi connectivity index (χ0) is 24.3. The Kier molecular flexibility index (Phi) is 7.65. The van der Waals surface area contributed by atoms with Gasteiger partial charge in [0.25, 0.3) is 11.7 Å². The molecule has 1 aromatic carbocycles. The molecule has 1 aromatic heterocycles. The number of ether oxygens (including phenoxy) is 1. The van der Waals surface area contributed by atoms with Crippen molar-refractivity contribution in [2.24, 2.45) is 0 Å². The van der Waals surface area contributed by atoms with Crippen LogP contribution in [0, 0.1) is 0 Å². The standard InChI is InChI=1S/C26H34N2O4S/c1-7-32-19-12-11-17(16-18(19)26(2,3)4)23(29)21-22(20-10-8-15-33-20)28(25(31)24(21)30)14-9-13-27(5)6/h8,10-12,15-16,22,29H,7,9,13-14H2,1-6H3/b23-21-. The minimum atomic E-state index is -0.637. The lowest BCUT2D eigenvalue weighted by Gasteiger charge is -2.25. The van der Waals surface area contributed by atoms with Gasteiger partial charge in [-0.15, -0.1) is 11.3 Å².